The lowest BCUT2D eigenvalue weighted by molar-refractivity contribution is -0.140. The van der Waals surface area contributed by atoms with Crippen LogP contribution in [0, 0.1) is 23.7 Å². The normalized spacial score (nSPS) is 10.8. The Bertz CT molecular complexity index is 1710. The minimum atomic E-state index is -1.25. The van der Waals surface area contributed by atoms with Crippen LogP contribution in [-0.4, -0.2) is 169 Å². The summed E-state index contributed by atoms with van der Waals surface area (Å²) in [6, 6.07) is 8.98. The van der Waals surface area contributed by atoms with Crippen molar-refractivity contribution in [3.63, 3.8) is 0 Å². The van der Waals surface area contributed by atoms with Gasteiger partial charge in [0.2, 0.25) is 47.3 Å². The third kappa shape index (κ3) is 25.3. The van der Waals surface area contributed by atoms with Gasteiger partial charge in [0.25, 0.3) is 0 Å². The van der Waals surface area contributed by atoms with Gasteiger partial charge in [0.15, 0.2) is 0 Å². The van der Waals surface area contributed by atoms with Gasteiger partial charge < -0.3 is 56.0 Å². The van der Waals surface area contributed by atoms with Gasteiger partial charge in [0, 0.05) is 26.2 Å². The third-order valence-electron chi connectivity index (χ3n) is 8.43. The highest BCUT2D eigenvalue weighted by atomic mass is 16.5. The van der Waals surface area contributed by atoms with Crippen molar-refractivity contribution in [1.82, 2.24) is 46.2 Å². The fourth-order valence-corrected chi connectivity index (χ4v) is 5.76. The van der Waals surface area contributed by atoms with E-state index in [1.165, 1.54) is 19.6 Å². The standard InChI is InChI=1S/C42H67N9O12/c1-28(2)19-48(24-34(53)44-16-39(58)50(21-30(5)6)26-36(55)46-18-41(60)61)37(56)14-43-33(52)23-49(20-29(3)4)38(57)15-45-35(54)25-51(22-31(7)8)40(59)17-47-42(62)63-27-32-12-10-9-11-13-32/h9-13,28-31H,14-27H2,1-8H3,(H,43,52)(H,44,53)(H,45,54)(H,46,55)(H,47,62)(H,60,61). The van der Waals surface area contributed by atoms with Crippen LogP contribution in [-0.2, 0) is 54.5 Å². The highest BCUT2D eigenvalue weighted by molar-refractivity contribution is 5.93. The maximum atomic E-state index is 13.3. The number of carbonyl (C=O) groups is 10. The number of benzene rings is 1. The van der Waals surface area contributed by atoms with Crippen LogP contribution in [0.25, 0.3) is 0 Å². The van der Waals surface area contributed by atoms with E-state index < -0.39 is 118 Å². The van der Waals surface area contributed by atoms with Crippen LogP contribution in [0.1, 0.15) is 61.0 Å². The first-order valence-corrected chi connectivity index (χ1v) is 20.9. The predicted molar refractivity (Wildman–Crippen MR) is 230 cm³/mol. The number of carboxylic acids is 1. The lowest BCUT2D eigenvalue weighted by atomic mass is 10.2. The molecular formula is C42H67N9O12. The lowest BCUT2D eigenvalue weighted by Gasteiger charge is -2.27. The highest BCUT2D eigenvalue weighted by Crippen LogP contribution is 2.05. The van der Waals surface area contributed by atoms with Crippen molar-refractivity contribution in [2.75, 3.05) is 85.1 Å². The van der Waals surface area contributed by atoms with Gasteiger partial charge >= 0.3 is 12.1 Å². The largest absolute Gasteiger partial charge is 0.480 e. The number of hydrogen-bond donors (Lipinski definition) is 6. The topological polar surface area (TPSA) is 273 Å². The Morgan fingerprint density at radius 3 is 1.03 bits per heavy atom. The van der Waals surface area contributed by atoms with E-state index in [2.05, 4.69) is 26.6 Å². The summed E-state index contributed by atoms with van der Waals surface area (Å²) in [5.41, 5.74) is 0.765. The van der Waals surface area contributed by atoms with Crippen molar-refractivity contribution in [1.29, 1.82) is 0 Å². The average Bonchev–Trinajstić information content (AvgIpc) is 3.20. The van der Waals surface area contributed by atoms with Crippen molar-refractivity contribution in [2.45, 2.75) is 62.0 Å². The summed E-state index contributed by atoms with van der Waals surface area (Å²) < 4.78 is 5.14. The number of aliphatic carboxylic acids is 1. The molecule has 0 saturated carbocycles. The molecule has 63 heavy (non-hydrogen) atoms. The van der Waals surface area contributed by atoms with Crippen LogP contribution in [0.4, 0.5) is 4.79 Å². The van der Waals surface area contributed by atoms with Gasteiger partial charge in [-0.15, -0.1) is 0 Å². The summed E-state index contributed by atoms with van der Waals surface area (Å²) in [4.78, 5) is 131. The van der Waals surface area contributed by atoms with E-state index in [9.17, 15) is 47.9 Å². The molecule has 1 aromatic rings. The number of ether oxygens (including phenoxy) is 1. The monoisotopic (exact) mass is 889 g/mol. The van der Waals surface area contributed by atoms with E-state index in [0.29, 0.717) is 0 Å². The zero-order valence-corrected chi connectivity index (χ0v) is 37.8. The fourth-order valence-electron chi connectivity index (χ4n) is 5.76. The first-order valence-electron chi connectivity index (χ1n) is 20.9. The van der Waals surface area contributed by atoms with Gasteiger partial charge in [-0.1, -0.05) is 85.7 Å². The minimum Gasteiger partial charge on any atom is -0.480 e. The number of nitrogens with one attached hydrogen (secondary N) is 5. The molecule has 0 bridgehead atoms. The van der Waals surface area contributed by atoms with Crippen LogP contribution >= 0.6 is 0 Å². The number of rotatable bonds is 28. The van der Waals surface area contributed by atoms with E-state index >= 15 is 0 Å². The van der Waals surface area contributed by atoms with Crippen molar-refractivity contribution in [3.8, 4) is 0 Å². The maximum absolute atomic E-state index is 13.3. The molecule has 0 heterocycles. The molecule has 0 aliphatic heterocycles. The molecule has 0 aliphatic rings. The number of carboxylic acid groups (broad SMARTS) is 1. The molecule has 1 aromatic carbocycles. The molecular weight excluding hydrogens is 823 g/mol. The van der Waals surface area contributed by atoms with E-state index in [1.54, 1.807) is 24.3 Å². The lowest BCUT2D eigenvalue weighted by Crippen LogP contribution is -2.51. The van der Waals surface area contributed by atoms with E-state index in [0.717, 1.165) is 5.56 Å². The molecule has 0 radical (unpaired) electrons. The Hall–Kier alpha value is -6.28. The Morgan fingerprint density at radius 2 is 0.746 bits per heavy atom. The van der Waals surface area contributed by atoms with E-state index in [1.807, 2.05) is 61.5 Å². The number of nitrogens with zero attached hydrogens (tertiary/aromatic N) is 4. The molecule has 0 saturated heterocycles. The van der Waals surface area contributed by atoms with Crippen LogP contribution in [0.3, 0.4) is 0 Å². The Balaban J connectivity index is 2.77. The van der Waals surface area contributed by atoms with Gasteiger partial charge in [-0.3, -0.25) is 43.2 Å². The summed E-state index contributed by atoms with van der Waals surface area (Å²) in [6.07, 6.45) is -0.806. The van der Waals surface area contributed by atoms with Crippen LogP contribution < -0.4 is 26.6 Å². The highest BCUT2D eigenvalue weighted by Gasteiger charge is 2.25. The zero-order valence-electron chi connectivity index (χ0n) is 37.8. The summed E-state index contributed by atoms with van der Waals surface area (Å²) in [5, 5.41) is 20.8. The average molecular weight is 890 g/mol. The summed E-state index contributed by atoms with van der Waals surface area (Å²) in [6.45, 7) is 11.0. The summed E-state index contributed by atoms with van der Waals surface area (Å²) in [5.74, 6) is -6.49. The van der Waals surface area contributed by atoms with Crippen LogP contribution in [0.15, 0.2) is 30.3 Å². The second-order valence-corrected chi connectivity index (χ2v) is 16.6. The minimum absolute atomic E-state index is 0.00924. The molecule has 0 atom stereocenters. The Kier molecular flexibility index (Phi) is 25.3. The summed E-state index contributed by atoms with van der Waals surface area (Å²) >= 11 is 0. The third-order valence-corrected chi connectivity index (χ3v) is 8.43. The molecule has 352 valence electrons. The molecule has 6 N–H and O–H groups in total. The molecule has 0 aromatic heterocycles. The Labute approximate surface area is 369 Å². The Morgan fingerprint density at radius 1 is 0.460 bits per heavy atom. The van der Waals surface area contributed by atoms with Gasteiger partial charge in [-0.05, 0) is 29.2 Å². The molecule has 0 spiro atoms. The molecule has 9 amide bonds. The molecule has 0 fully saturated rings. The number of hydrogen-bond acceptors (Lipinski definition) is 11. The number of carbonyl (C=O) groups excluding carboxylic acids is 9. The fraction of sp³-hybridized carbons (Fsp3) is 0.619. The van der Waals surface area contributed by atoms with E-state index in [4.69, 9.17) is 9.84 Å². The quantitative estimate of drug-likeness (QED) is 0.0616. The molecule has 21 nitrogen and oxygen atoms in total. The first kappa shape index (κ1) is 54.7. The second-order valence-electron chi connectivity index (χ2n) is 16.6. The second kappa shape index (κ2) is 29.1. The number of alkyl carbamates (subject to hydrolysis) is 1. The zero-order chi connectivity index (χ0) is 47.6. The van der Waals surface area contributed by atoms with Gasteiger partial charge in [0.05, 0.1) is 45.8 Å². The first-order chi connectivity index (χ1) is 29.6. The predicted octanol–water partition coefficient (Wildman–Crippen LogP) is -0.599. The van der Waals surface area contributed by atoms with Crippen molar-refractivity contribution >= 4 is 59.3 Å². The molecule has 1 rings (SSSR count). The molecule has 21 heteroatoms. The molecule has 0 aliphatic carbocycles. The van der Waals surface area contributed by atoms with Crippen LogP contribution in [0.5, 0.6) is 0 Å². The van der Waals surface area contributed by atoms with Gasteiger partial charge in [-0.25, -0.2) is 4.79 Å². The summed E-state index contributed by atoms with van der Waals surface area (Å²) in [7, 11) is 0. The van der Waals surface area contributed by atoms with Gasteiger partial charge in [0.1, 0.15) is 19.7 Å². The van der Waals surface area contributed by atoms with Crippen molar-refractivity contribution in [3.05, 3.63) is 35.9 Å². The van der Waals surface area contributed by atoms with E-state index in [-0.39, 0.29) is 56.5 Å². The van der Waals surface area contributed by atoms with Crippen molar-refractivity contribution < 1.29 is 57.8 Å². The van der Waals surface area contributed by atoms with Gasteiger partial charge in [-0.2, -0.15) is 0 Å². The number of amides is 9. The maximum Gasteiger partial charge on any atom is 0.407 e. The van der Waals surface area contributed by atoms with Crippen molar-refractivity contribution in [2.24, 2.45) is 23.7 Å². The molecule has 0 unspecified atom stereocenters. The van der Waals surface area contributed by atoms with Crippen LogP contribution in [0.2, 0.25) is 0 Å². The smallest absolute Gasteiger partial charge is 0.407 e. The SMILES string of the molecule is CC(C)CN(CC(=O)NCC(=O)O)C(=O)CNC(=O)CN(CC(C)C)C(=O)CNC(=O)CN(CC(C)C)C(=O)CNC(=O)CN(CC(C)C)C(=O)CNC(=O)OCc1ccccc1.